The minimum Gasteiger partial charge on any atom is -0.312 e. The third-order valence-electron chi connectivity index (χ3n) is 2.00. The molecule has 17 heavy (non-hydrogen) atoms. The summed E-state index contributed by atoms with van der Waals surface area (Å²) in [5, 5.41) is 4.67. The summed E-state index contributed by atoms with van der Waals surface area (Å²) in [4.78, 5) is 19.8. The fraction of sp³-hybridized carbons (Fsp3) is 0.182. The van der Waals surface area contributed by atoms with E-state index in [1.807, 2.05) is 30.3 Å². The largest absolute Gasteiger partial charge is 0.355 e. The van der Waals surface area contributed by atoms with Crippen molar-refractivity contribution >= 4 is 12.4 Å². The van der Waals surface area contributed by atoms with E-state index in [0.717, 1.165) is 10.6 Å². The first-order valence-corrected chi connectivity index (χ1v) is 5.11. The number of amides is 1. The van der Waals surface area contributed by atoms with E-state index in [0.29, 0.717) is 18.8 Å². The fourth-order valence-electron chi connectivity index (χ4n) is 1.28. The smallest absolute Gasteiger partial charge is 0.312 e. The van der Waals surface area contributed by atoms with Crippen LogP contribution in [0.5, 0.6) is 0 Å². The Morgan fingerprint density at radius 3 is 2.82 bits per heavy atom. The Morgan fingerprint density at radius 2 is 2.18 bits per heavy atom. The van der Waals surface area contributed by atoms with Crippen molar-refractivity contribution in [1.82, 2.24) is 10.1 Å². The average Bonchev–Trinajstić information content (AvgIpc) is 2.86. The predicted molar refractivity (Wildman–Crippen MR) is 59.9 cm³/mol. The van der Waals surface area contributed by atoms with E-state index in [2.05, 4.69) is 10.1 Å². The summed E-state index contributed by atoms with van der Waals surface area (Å²) in [6, 6.07) is 9.33. The monoisotopic (exact) mass is 233 g/mol. The highest BCUT2D eigenvalue weighted by Gasteiger charge is 2.15. The van der Waals surface area contributed by atoms with Crippen molar-refractivity contribution in [3.63, 3.8) is 0 Å². The predicted octanol–water partition coefficient (Wildman–Crippen LogP) is 1.65. The van der Waals surface area contributed by atoms with Crippen molar-refractivity contribution < 1.29 is 14.2 Å². The van der Waals surface area contributed by atoms with Gasteiger partial charge in [-0.05, 0) is 6.92 Å². The molecular formula is C11H11N3O3. The Morgan fingerprint density at radius 1 is 1.41 bits per heavy atom. The Bertz CT molecular complexity index is 484. The molecule has 6 heteroatoms. The molecule has 0 saturated heterocycles. The Labute approximate surface area is 97.8 Å². The second kappa shape index (κ2) is 5.22. The highest BCUT2D eigenvalue weighted by Crippen LogP contribution is 2.18. The van der Waals surface area contributed by atoms with Crippen molar-refractivity contribution in [2.75, 3.05) is 11.7 Å². The molecule has 0 aliphatic carbocycles. The molecule has 0 unspecified atom stereocenters. The van der Waals surface area contributed by atoms with E-state index in [9.17, 15) is 4.79 Å². The van der Waals surface area contributed by atoms with Gasteiger partial charge in [0.05, 0.1) is 6.61 Å². The van der Waals surface area contributed by atoms with Gasteiger partial charge >= 0.3 is 6.01 Å². The van der Waals surface area contributed by atoms with Gasteiger partial charge in [-0.1, -0.05) is 35.5 Å². The summed E-state index contributed by atoms with van der Waals surface area (Å²) >= 11 is 0. The third-order valence-corrected chi connectivity index (χ3v) is 2.00. The lowest BCUT2D eigenvalue weighted by atomic mass is 10.2. The molecule has 0 aliphatic rings. The van der Waals surface area contributed by atoms with Crippen LogP contribution in [-0.4, -0.2) is 23.2 Å². The van der Waals surface area contributed by atoms with E-state index in [-0.39, 0.29) is 6.01 Å². The molecule has 6 nitrogen and oxygen atoms in total. The van der Waals surface area contributed by atoms with Crippen molar-refractivity contribution in [1.29, 1.82) is 0 Å². The molecule has 2 aromatic rings. The van der Waals surface area contributed by atoms with Gasteiger partial charge in [-0.15, -0.1) is 5.06 Å². The first-order valence-electron chi connectivity index (χ1n) is 5.11. The highest BCUT2D eigenvalue weighted by molar-refractivity contribution is 5.68. The second-order valence-electron chi connectivity index (χ2n) is 3.12. The SMILES string of the molecule is CCON(C=O)c1nc(-c2ccccc2)no1. The van der Waals surface area contributed by atoms with Crippen LogP contribution in [0.4, 0.5) is 6.01 Å². The standard InChI is InChI=1S/C11H11N3O3/c1-2-16-14(8-15)11-12-10(13-17-11)9-6-4-3-5-7-9/h3-8H,2H2,1H3. The van der Waals surface area contributed by atoms with Gasteiger partial charge in [0.25, 0.3) is 0 Å². The fourth-order valence-corrected chi connectivity index (χ4v) is 1.28. The molecule has 88 valence electrons. The molecule has 0 saturated carbocycles. The van der Waals surface area contributed by atoms with E-state index in [1.165, 1.54) is 0 Å². The molecule has 1 aromatic heterocycles. The molecule has 1 heterocycles. The van der Waals surface area contributed by atoms with E-state index in [4.69, 9.17) is 9.36 Å². The third kappa shape index (κ3) is 2.48. The molecule has 0 fully saturated rings. The molecule has 2 rings (SSSR count). The first-order chi connectivity index (χ1) is 8.35. The zero-order valence-corrected chi connectivity index (χ0v) is 9.24. The summed E-state index contributed by atoms with van der Waals surface area (Å²) in [6.07, 6.45) is 0.478. The summed E-state index contributed by atoms with van der Waals surface area (Å²) in [7, 11) is 0. The number of aromatic nitrogens is 2. The number of hydrogen-bond donors (Lipinski definition) is 0. The van der Waals surface area contributed by atoms with Crippen LogP contribution >= 0.6 is 0 Å². The minimum atomic E-state index is 0.0145. The number of anilines is 1. The van der Waals surface area contributed by atoms with Crippen molar-refractivity contribution in [3.05, 3.63) is 30.3 Å². The summed E-state index contributed by atoms with van der Waals surface area (Å²) in [5.74, 6) is 0.409. The number of carbonyl (C=O) groups is 1. The van der Waals surface area contributed by atoms with Crippen molar-refractivity contribution in [2.24, 2.45) is 0 Å². The first kappa shape index (κ1) is 11.3. The number of hydroxylamine groups is 1. The summed E-state index contributed by atoms with van der Waals surface area (Å²) < 4.78 is 4.93. The zero-order chi connectivity index (χ0) is 12.1. The molecule has 0 radical (unpaired) electrons. The Balaban J connectivity index is 2.24. The van der Waals surface area contributed by atoms with Gasteiger partial charge < -0.3 is 4.52 Å². The molecular weight excluding hydrogens is 222 g/mol. The van der Waals surface area contributed by atoms with Gasteiger partial charge in [0, 0.05) is 5.56 Å². The molecule has 0 spiro atoms. The maximum atomic E-state index is 10.7. The van der Waals surface area contributed by atoms with Crippen LogP contribution < -0.4 is 5.06 Å². The van der Waals surface area contributed by atoms with E-state index >= 15 is 0 Å². The van der Waals surface area contributed by atoms with Crippen LogP contribution in [0.25, 0.3) is 11.4 Å². The lowest BCUT2D eigenvalue weighted by Crippen LogP contribution is -2.21. The normalized spacial score (nSPS) is 10.2. The molecule has 0 N–H and O–H groups in total. The maximum absolute atomic E-state index is 10.7. The van der Waals surface area contributed by atoms with Gasteiger partial charge in [0.1, 0.15) is 0 Å². The lowest BCUT2D eigenvalue weighted by Gasteiger charge is -2.08. The molecule has 0 atom stereocenters. The average molecular weight is 233 g/mol. The second-order valence-corrected chi connectivity index (χ2v) is 3.12. The zero-order valence-electron chi connectivity index (χ0n) is 9.24. The molecule has 1 amide bonds. The van der Waals surface area contributed by atoms with Crippen LogP contribution in [0.1, 0.15) is 6.92 Å². The summed E-state index contributed by atoms with van der Waals surface area (Å²) in [5.41, 5.74) is 0.810. The molecule has 0 bridgehead atoms. The Kier molecular flexibility index (Phi) is 3.46. The van der Waals surface area contributed by atoms with Gasteiger partial charge in [-0.25, -0.2) is 0 Å². The van der Waals surface area contributed by atoms with Crippen LogP contribution in [0, 0.1) is 0 Å². The van der Waals surface area contributed by atoms with E-state index in [1.54, 1.807) is 6.92 Å². The van der Waals surface area contributed by atoms with Gasteiger partial charge in [-0.3, -0.25) is 9.63 Å². The summed E-state index contributed by atoms with van der Waals surface area (Å²) in [6.45, 7) is 2.09. The van der Waals surface area contributed by atoms with Crippen molar-refractivity contribution in [3.8, 4) is 11.4 Å². The highest BCUT2D eigenvalue weighted by atomic mass is 16.7. The van der Waals surface area contributed by atoms with Crippen molar-refractivity contribution in [2.45, 2.75) is 6.92 Å². The number of benzene rings is 1. The van der Waals surface area contributed by atoms with Crippen LogP contribution in [0.3, 0.4) is 0 Å². The van der Waals surface area contributed by atoms with Gasteiger partial charge in [-0.2, -0.15) is 4.98 Å². The number of nitrogens with zero attached hydrogens (tertiary/aromatic N) is 3. The number of rotatable bonds is 5. The van der Waals surface area contributed by atoms with Gasteiger partial charge in [0.15, 0.2) is 0 Å². The van der Waals surface area contributed by atoms with Crippen LogP contribution in [0.2, 0.25) is 0 Å². The number of carbonyl (C=O) groups excluding carboxylic acids is 1. The Hall–Kier alpha value is -2.21. The molecule has 1 aromatic carbocycles. The minimum absolute atomic E-state index is 0.0145. The maximum Gasteiger partial charge on any atom is 0.355 e. The van der Waals surface area contributed by atoms with Crippen LogP contribution in [-0.2, 0) is 9.63 Å². The van der Waals surface area contributed by atoms with Gasteiger partial charge in [0.2, 0.25) is 12.2 Å². The lowest BCUT2D eigenvalue weighted by molar-refractivity contribution is -0.114. The van der Waals surface area contributed by atoms with Crippen LogP contribution in [0.15, 0.2) is 34.9 Å². The number of hydrogen-bond acceptors (Lipinski definition) is 5. The topological polar surface area (TPSA) is 68.5 Å². The van der Waals surface area contributed by atoms with E-state index < -0.39 is 0 Å². The quantitative estimate of drug-likeness (QED) is 0.580. The molecule has 0 aliphatic heterocycles.